The number of nitrogens with one attached hydrogen (secondary N) is 1. The molecule has 0 aromatic carbocycles. The highest BCUT2D eigenvalue weighted by molar-refractivity contribution is 5.85. The molecular formula is C13H25ClN2O2. The van der Waals surface area contributed by atoms with E-state index in [1.165, 1.54) is 19.3 Å². The van der Waals surface area contributed by atoms with Gasteiger partial charge >= 0.3 is 0 Å². The van der Waals surface area contributed by atoms with E-state index in [9.17, 15) is 4.79 Å². The highest BCUT2D eigenvalue weighted by Crippen LogP contribution is 2.29. The summed E-state index contributed by atoms with van der Waals surface area (Å²) in [6.07, 6.45) is 5.46. The molecular weight excluding hydrogens is 252 g/mol. The third kappa shape index (κ3) is 3.16. The monoisotopic (exact) mass is 276 g/mol. The minimum absolute atomic E-state index is 0. The van der Waals surface area contributed by atoms with Gasteiger partial charge in [0.1, 0.15) is 5.60 Å². The van der Waals surface area contributed by atoms with Gasteiger partial charge in [-0.2, -0.15) is 0 Å². The number of rotatable bonds is 4. The Kier molecular flexibility index (Phi) is 5.89. The molecule has 1 N–H and O–H groups in total. The van der Waals surface area contributed by atoms with Crippen molar-refractivity contribution in [1.29, 1.82) is 0 Å². The molecule has 1 amide bonds. The van der Waals surface area contributed by atoms with Crippen LogP contribution in [0.4, 0.5) is 0 Å². The van der Waals surface area contributed by atoms with Crippen LogP contribution in [0.25, 0.3) is 0 Å². The number of hydrogen-bond acceptors (Lipinski definition) is 3. The molecule has 0 radical (unpaired) electrons. The van der Waals surface area contributed by atoms with Crippen LogP contribution in [-0.4, -0.2) is 50.2 Å². The maximum Gasteiger partial charge on any atom is 0.254 e. The van der Waals surface area contributed by atoms with Gasteiger partial charge in [-0.25, -0.2) is 0 Å². The van der Waals surface area contributed by atoms with Gasteiger partial charge in [0.25, 0.3) is 5.91 Å². The number of hydrogen-bond donors (Lipinski definition) is 1. The predicted molar refractivity (Wildman–Crippen MR) is 74.1 cm³/mol. The number of amides is 1. The van der Waals surface area contributed by atoms with Crippen molar-refractivity contribution in [3.8, 4) is 0 Å². The fourth-order valence-corrected chi connectivity index (χ4v) is 2.83. The van der Waals surface area contributed by atoms with Crippen LogP contribution >= 0.6 is 12.4 Å². The number of ether oxygens (including phenoxy) is 1. The Morgan fingerprint density at radius 3 is 2.44 bits per heavy atom. The summed E-state index contributed by atoms with van der Waals surface area (Å²) in [6, 6.07) is 0. The number of piperidine rings is 1. The third-order valence-corrected chi connectivity index (χ3v) is 4.30. The molecule has 0 atom stereocenters. The smallest absolute Gasteiger partial charge is 0.254 e. The van der Waals surface area contributed by atoms with Gasteiger partial charge in [0.2, 0.25) is 0 Å². The SMILES string of the molecule is COC1(C(=O)N(C)CC2CCC2)CCNCC1.Cl. The number of likely N-dealkylation sites (N-methyl/N-ethyl adjacent to an activating group) is 1. The minimum atomic E-state index is -0.566. The lowest BCUT2D eigenvalue weighted by atomic mass is 9.84. The largest absolute Gasteiger partial charge is 0.368 e. The van der Waals surface area contributed by atoms with E-state index in [2.05, 4.69) is 5.32 Å². The van der Waals surface area contributed by atoms with Crippen molar-refractivity contribution >= 4 is 18.3 Å². The molecule has 0 spiro atoms. The average Bonchev–Trinajstić information content (AvgIpc) is 2.33. The fraction of sp³-hybridized carbons (Fsp3) is 0.923. The maximum absolute atomic E-state index is 12.5. The molecule has 2 rings (SSSR count). The van der Waals surface area contributed by atoms with Crippen LogP contribution in [0.15, 0.2) is 0 Å². The molecule has 2 aliphatic rings. The van der Waals surface area contributed by atoms with E-state index in [0.29, 0.717) is 0 Å². The number of nitrogens with zero attached hydrogens (tertiary/aromatic N) is 1. The highest BCUT2D eigenvalue weighted by atomic mass is 35.5. The molecule has 4 nitrogen and oxygen atoms in total. The normalized spacial score (nSPS) is 22.8. The second-order valence-electron chi connectivity index (χ2n) is 5.43. The molecule has 1 heterocycles. The summed E-state index contributed by atoms with van der Waals surface area (Å²) in [5.41, 5.74) is -0.566. The van der Waals surface area contributed by atoms with Crippen molar-refractivity contribution in [1.82, 2.24) is 10.2 Å². The Balaban J connectivity index is 0.00000162. The fourth-order valence-electron chi connectivity index (χ4n) is 2.83. The predicted octanol–water partition coefficient (Wildman–Crippen LogP) is 1.44. The molecule has 5 heteroatoms. The van der Waals surface area contributed by atoms with E-state index in [-0.39, 0.29) is 18.3 Å². The van der Waals surface area contributed by atoms with Crippen LogP contribution in [-0.2, 0) is 9.53 Å². The van der Waals surface area contributed by atoms with Gasteiger partial charge in [0, 0.05) is 20.7 Å². The maximum atomic E-state index is 12.5. The van der Waals surface area contributed by atoms with E-state index in [0.717, 1.165) is 38.4 Å². The zero-order valence-electron chi connectivity index (χ0n) is 11.4. The van der Waals surface area contributed by atoms with E-state index in [4.69, 9.17) is 4.74 Å². The molecule has 0 aromatic heterocycles. The van der Waals surface area contributed by atoms with Gasteiger partial charge in [0.15, 0.2) is 0 Å². The zero-order valence-corrected chi connectivity index (χ0v) is 12.2. The van der Waals surface area contributed by atoms with Crippen LogP contribution in [0, 0.1) is 5.92 Å². The van der Waals surface area contributed by atoms with Crippen molar-refractivity contribution < 1.29 is 9.53 Å². The van der Waals surface area contributed by atoms with Crippen molar-refractivity contribution in [2.24, 2.45) is 5.92 Å². The summed E-state index contributed by atoms with van der Waals surface area (Å²) in [5, 5.41) is 3.28. The van der Waals surface area contributed by atoms with Crippen molar-refractivity contribution in [3.63, 3.8) is 0 Å². The van der Waals surface area contributed by atoms with Gasteiger partial charge < -0.3 is 15.0 Å². The summed E-state index contributed by atoms with van der Waals surface area (Å²) >= 11 is 0. The first-order valence-electron chi connectivity index (χ1n) is 6.69. The molecule has 1 aliphatic carbocycles. The second-order valence-corrected chi connectivity index (χ2v) is 5.43. The quantitative estimate of drug-likeness (QED) is 0.845. The lowest BCUT2D eigenvalue weighted by Gasteiger charge is -2.39. The van der Waals surface area contributed by atoms with Gasteiger partial charge in [-0.3, -0.25) is 4.79 Å². The first-order valence-corrected chi connectivity index (χ1v) is 6.69. The van der Waals surface area contributed by atoms with E-state index >= 15 is 0 Å². The number of carbonyl (C=O) groups is 1. The van der Waals surface area contributed by atoms with Gasteiger partial charge in [-0.05, 0) is 44.7 Å². The first kappa shape index (κ1) is 15.7. The summed E-state index contributed by atoms with van der Waals surface area (Å²) in [4.78, 5) is 14.4. The van der Waals surface area contributed by atoms with Crippen LogP contribution in [0.3, 0.4) is 0 Å². The van der Waals surface area contributed by atoms with Crippen molar-refractivity contribution in [2.45, 2.75) is 37.7 Å². The Morgan fingerprint density at radius 2 is 2.00 bits per heavy atom. The van der Waals surface area contributed by atoms with Crippen molar-refractivity contribution in [2.75, 3.05) is 33.8 Å². The number of carbonyl (C=O) groups excluding carboxylic acids is 1. The van der Waals surface area contributed by atoms with Crippen LogP contribution in [0.2, 0.25) is 0 Å². The Morgan fingerprint density at radius 1 is 1.39 bits per heavy atom. The van der Waals surface area contributed by atoms with E-state index in [1.54, 1.807) is 7.11 Å². The zero-order chi connectivity index (χ0) is 12.3. The van der Waals surface area contributed by atoms with Gasteiger partial charge in [-0.15, -0.1) is 12.4 Å². The molecule has 106 valence electrons. The topological polar surface area (TPSA) is 41.6 Å². The molecule has 1 aliphatic heterocycles. The molecule has 18 heavy (non-hydrogen) atoms. The Hall–Kier alpha value is -0.320. The second kappa shape index (κ2) is 6.73. The van der Waals surface area contributed by atoms with Crippen LogP contribution < -0.4 is 5.32 Å². The Bertz CT molecular complexity index is 276. The highest BCUT2D eigenvalue weighted by Gasteiger charge is 2.41. The van der Waals surface area contributed by atoms with E-state index < -0.39 is 5.60 Å². The molecule has 1 saturated heterocycles. The van der Waals surface area contributed by atoms with Gasteiger partial charge in [-0.1, -0.05) is 6.42 Å². The third-order valence-electron chi connectivity index (χ3n) is 4.30. The molecule has 1 saturated carbocycles. The molecule has 0 bridgehead atoms. The summed E-state index contributed by atoms with van der Waals surface area (Å²) in [6.45, 7) is 2.64. The van der Waals surface area contributed by atoms with Crippen molar-refractivity contribution in [3.05, 3.63) is 0 Å². The summed E-state index contributed by atoms with van der Waals surface area (Å²) in [7, 11) is 3.59. The Labute approximate surface area is 116 Å². The number of methoxy groups -OCH3 is 1. The van der Waals surface area contributed by atoms with Crippen LogP contribution in [0.1, 0.15) is 32.1 Å². The summed E-state index contributed by atoms with van der Waals surface area (Å²) in [5.74, 6) is 0.896. The number of halogens is 1. The molecule has 2 fully saturated rings. The average molecular weight is 277 g/mol. The molecule has 0 aromatic rings. The van der Waals surface area contributed by atoms with Gasteiger partial charge in [0.05, 0.1) is 0 Å². The lowest BCUT2D eigenvalue weighted by Crippen LogP contribution is -2.55. The first-order chi connectivity index (χ1) is 8.18. The summed E-state index contributed by atoms with van der Waals surface area (Å²) < 4.78 is 5.56. The molecule has 0 unspecified atom stereocenters. The van der Waals surface area contributed by atoms with E-state index in [1.807, 2.05) is 11.9 Å². The lowest BCUT2D eigenvalue weighted by molar-refractivity contribution is -0.157. The standard InChI is InChI=1S/C13H24N2O2.ClH/c1-15(10-11-4-3-5-11)12(16)13(17-2)6-8-14-9-7-13;/h11,14H,3-10H2,1-2H3;1H. The van der Waals surface area contributed by atoms with Crippen LogP contribution in [0.5, 0.6) is 0 Å². The minimum Gasteiger partial charge on any atom is -0.368 e.